The van der Waals surface area contributed by atoms with E-state index in [4.69, 9.17) is 14.2 Å². The Kier molecular flexibility index (Phi) is 14.3. The summed E-state index contributed by atoms with van der Waals surface area (Å²) in [5.41, 5.74) is 3.57. The molecule has 1 heterocycles. The zero-order chi connectivity index (χ0) is 29.5. The van der Waals surface area contributed by atoms with Crippen molar-refractivity contribution in [3.05, 3.63) is 58.7 Å². The van der Waals surface area contributed by atoms with Crippen LogP contribution in [0.2, 0.25) is 0 Å². The minimum Gasteiger partial charge on any atom is -0.482 e. The molecular formula is C36H52O5. The van der Waals surface area contributed by atoms with Gasteiger partial charge < -0.3 is 14.2 Å². The summed E-state index contributed by atoms with van der Waals surface area (Å²) in [7, 11) is 0. The maximum Gasteiger partial charge on any atom is 0.344 e. The Hall–Kier alpha value is -2.82. The second-order valence-corrected chi connectivity index (χ2v) is 11.8. The topological polar surface area (TPSA) is 61.8 Å². The molecule has 226 valence electrons. The van der Waals surface area contributed by atoms with E-state index >= 15 is 0 Å². The summed E-state index contributed by atoms with van der Waals surface area (Å²) in [6.07, 6.45) is 18.5. The molecule has 5 heteroatoms. The minimum atomic E-state index is -0.497. The van der Waals surface area contributed by atoms with E-state index in [1.54, 1.807) is 0 Å². The van der Waals surface area contributed by atoms with Crippen molar-refractivity contribution in [2.24, 2.45) is 0 Å². The molecule has 0 fully saturated rings. The third kappa shape index (κ3) is 10.8. The number of rotatable bonds is 20. The van der Waals surface area contributed by atoms with E-state index in [0.29, 0.717) is 11.5 Å². The van der Waals surface area contributed by atoms with Crippen molar-refractivity contribution in [3.8, 4) is 11.5 Å². The van der Waals surface area contributed by atoms with Gasteiger partial charge in [-0.15, -0.1) is 0 Å². The first kappa shape index (κ1) is 32.7. The van der Waals surface area contributed by atoms with Crippen LogP contribution in [0.15, 0.2) is 36.4 Å². The summed E-state index contributed by atoms with van der Waals surface area (Å²) in [6.45, 7) is 8.14. The molecule has 0 amide bonds. The first-order valence-electron chi connectivity index (χ1n) is 16.2. The number of ether oxygens (including phenoxy) is 3. The fourth-order valence-corrected chi connectivity index (χ4v) is 5.83. The average molecular weight is 565 g/mol. The number of fused-ring (bicyclic) bond motifs is 1. The Morgan fingerprint density at radius 3 is 2.15 bits per heavy atom. The van der Waals surface area contributed by atoms with Crippen LogP contribution in [0.4, 0.5) is 0 Å². The Morgan fingerprint density at radius 2 is 1.49 bits per heavy atom. The van der Waals surface area contributed by atoms with Gasteiger partial charge >= 0.3 is 11.9 Å². The fraction of sp³-hybridized carbons (Fsp3) is 0.611. The first-order valence-corrected chi connectivity index (χ1v) is 16.2. The number of carbonyl (C=O) groups is 2. The highest BCUT2D eigenvalue weighted by molar-refractivity contribution is 5.90. The van der Waals surface area contributed by atoms with Crippen molar-refractivity contribution >= 4 is 11.9 Å². The summed E-state index contributed by atoms with van der Waals surface area (Å²) >= 11 is 0. The number of para-hydroxylation sites is 1. The van der Waals surface area contributed by atoms with Gasteiger partial charge in [0.15, 0.2) is 6.61 Å². The Balaban J connectivity index is 1.39. The smallest absolute Gasteiger partial charge is 0.344 e. The Labute approximate surface area is 248 Å². The maximum absolute atomic E-state index is 12.7. The van der Waals surface area contributed by atoms with Gasteiger partial charge in [-0.3, -0.25) is 4.79 Å². The molecule has 2 atom stereocenters. The number of hydrogen-bond acceptors (Lipinski definition) is 5. The second-order valence-electron chi connectivity index (χ2n) is 11.8. The molecule has 0 radical (unpaired) electrons. The lowest BCUT2D eigenvalue weighted by Crippen LogP contribution is -2.23. The van der Waals surface area contributed by atoms with E-state index in [1.807, 2.05) is 50.2 Å². The highest BCUT2D eigenvalue weighted by Gasteiger charge is 2.35. The summed E-state index contributed by atoms with van der Waals surface area (Å²) < 4.78 is 17.3. The molecule has 0 aromatic heterocycles. The molecular weight excluding hydrogens is 512 g/mol. The molecule has 0 spiro atoms. The molecule has 0 saturated carbocycles. The standard InChI is InChI=1S/C36H52O5/c1-5-7-8-9-10-11-12-13-14-15-16-17-21-30(19-6-2)40-33(37)26-39-31-24-27(3)23-29(25-31)34-32-22-18-20-28(4)35(32)41-36(34)38/h18,20,22-25,30,34H,5-17,19,21,26H2,1-4H3. The van der Waals surface area contributed by atoms with Gasteiger partial charge in [-0.05, 0) is 61.9 Å². The van der Waals surface area contributed by atoms with Gasteiger partial charge in [-0.25, -0.2) is 4.79 Å². The number of hydrogen-bond donors (Lipinski definition) is 0. The molecule has 5 nitrogen and oxygen atoms in total. The molecule has 0 bridgehead atoms. The molecule has 3 rings (SSSR count). The van der Waals surface area contributed by atoms with Crippen molar-refractivity contribution in [2.75, 3.05) is 6.61 Å². The number of carbonyl (C=O) groups excluding carboxylic acids is 2. The third-order valence-corrected chi connectivity index (χ3v) is 8.04. The van der Waals surface area contributed by atoms with Gasteiger partial charge in [0.25, 0.3) is 0 Å². The monoisotopic (exact) mass is 564 g/mol. The molecule has 2 unspecified atom stereocenters. The van der Waals surface area contributed by atoms with E-state index in [-0.39, 0.29) is 24.6 Å². The van der Waals surface area contributed by atoms with Crippen LogP contribution in [0, 0.1) is 13.8 Å². The summed E-state index contributed by atoms with van der Waals surface area (Å²) in [6, 6.07) is 11.5. The van der Waals surface area contributed by atoms with Crippen LogP contribution >= 0.6 is 0 Å². The van der Waals surface area contributed by atoms with E-state index in [1.165, 1.54) is 70.6 Å². The van der Waals surface area contributed by atoms with Crippen molar-refractivity contribution in [1.82, 2.24) is 0 Å². The lowest BCUT2D eigenvalue weighted by molar-refractivity contribution is -0.152. The minimum absolute atomic E-state index is 0.0553. The summed E-state index contributed by atoms with van der Waals surface area (Å²) in [5.74, 6) is 0.0739. The quantitative estimate of drug-likeness (QED) is 0.0910. The Morgan fingerprint density at radius 1 is 0.829 bits per heavy atom. The van der Waals surface area contributed by atoms with Crippen LogP contribution in [0.25, 0.3) is 0 Å². The molecule has 1 aliphatic rings. The third-order valence-electron chi connectivity index (χ3n) is 8.04. The molecule has 2 aromatic carbocycles. The van der Waals surface area contributed by atoms with Crippen LogP contribution in [-0.4, -0.2) is 24.6 Å². The van der Waals surface area contributed by atoms with Crippen molar-refractivity contribution < 1.29 is 23.8 Å². The van der Waals surface area contributed by atoms with Crippen molar-refractivity contribution in [3.63, 3.8) is 0 Å². The number of aryl methyl sites for hydroxylation is 2. The van der Waals surface area contributed by atoms with Crippen molar-refractivity contribution in [1.29, 1.82) is 0 Å². The predicted molar refractivity (Wildman–Crippen MR) is 166 cm³/mol. The van der Waals surface area contributed by atoms with Crippen LogP contribution < -0.4 is 9.47 Å². The normalized spacial score (nSPS) is 14.9. The molecule has 0 saturated heterocycles. The van der Waals surface area contributed by atoms with Crippen LogP contribution in [0.1, 0.15) is 138 Å². The summed E-state index contributed by atoms with van der Waals surface area (Å²) in [5, 5.41) is 0. The highest BCUT2D eigenvalue weighted by atomic mass is 16.6. The molecule has 41 heavy (non-hydrogen) atoms. The van der Waals surface area contributed by atoms with Gasteiger partial charge in [-0.1, -0.05) is 115 Å². The van der Waals surface area contributed by atoms with Crippen LogP contribution in [-0.2, 0) is 14.3 Å². The van der Waals surface area contributed by atoms with E-state index < -0.39 is 5.92 Å². The van der Waals surface area contributed by atoms with Crippen LogP contribution in [0.3, 0.4) is 0 Å². The zero-order valence-corrected chi connectivity index (χ0v) is 26.0. The Bertz CT molecular complexity index is 1090. The van der Waals surface area contributed by atoms with E-state index in [9.17, 15) is 9.59 Å². The van der Waals surface area contributed by atoms with Gasteiger partial charge in [0.05, 0.1) is 0 Å². The lowest BCUT2D eigenvalue weighted by Gasteiger charge is -2.18. The average Bonchev–Trinajstić information content (AvgIpc) is 3.29. The highest BCUT2D eigenvalue weighted by Crippen LogP contribution is 2.42. The SMILES string of the molecule is CCCCCCCCCCCCCCC(CCC)OC(=O)COc1cc(C)cc(C2C(=O)Oc3c(C)cccc32)c1. The van der Waals surface area contributed by atoms with Crippen molar-refractivity contribution in [2.45, 2.75) is 136 Å². The number of esters is 2. The van der Waals surface area contributed by atoms with Crippen LogP contribution in [0.5, 0.6) is 11.5 Å². The molecule has 0 N–H and O–H groups in total. The second kappa shape index (κ2) is 17.9. The molecule has 1 aliphatic heterocycles. The maximum atomic E-state index is 12.7. The number of unbranched alkanes of at least 4 members (excludes halogenated alkanes) is 11. The van der Waals surface area contributed by atoms with Gasteiger partial charge in [0, 0.05) is 5.56 Å². The van der Waals surface area contributed by atoms with Gasteiger partial charge in [0.1, 0.15) is 23.5 Å². The zero-order valence-electron chi connectivity index (χ0n) is 26.0. The molecule has 2 aromatic rings. The fourth-order valence-electron chi connectivity index (χ4n) is 5.83. The number of benzene rings is 2. The van der Waals surface area contributed by atoms with E-state index in [2.05, 4.69) is 13.8 Å². The first-order chi connectivity index (χ1) is 19.9. The largest absolute Gasteiger partial charge is 0.482 e. The summed E-state index contributed by atoms with van der Waals surface area (Å²) in [4.78, 5) is 25.4. The van der Waals surface area contributed by atoms with Gasteiger partial charge in [-0.2, -0.15) is 0 Å². The molecule has 0 aliphatic carbocycles. The predicted octanol–water partition coefficient (Wildman–Crippen LogP) is 9.54. The van der Waals surface area contributed by atoms with E-state index in [0.717, 1.165) is 47.9 Å². The van der Waals surface area contributed by atoms with Gasteiger partial charge in [0.2, 0.25) is 0 Å². The lowest BCUT2D eigenvalue weighted by atomic mass is 9.90.